The van der Waals surface area contributed by atoms with E-state index in [1.54, 1.807) is 0 Å². The lowest BCUT2D eigenvalue weighted by Crippen LogP contribution is -2.21. The van der Waals surface area contributed by atoms with Crippen LogP contribution in [0.4, 0.5) is 0 Å². The second-order valence-corrected chi connectivity index (χ2v) is 5.94. The Bertz CT molecular complexity index is 476. The summed E-state index contributed by atoms with van der Waals surface area (Å²) in [7, 11) is 2.18. The lowest BCUT2D eigenvalue weighted by Gasteiger charge is -2.23. The second-order valence-electron chi connectivity index (χ2n) is 4.96. The fraction of sp³-hybridized carbons (Fsp3) is 0.375. The number of benzene rings is 1. The van der Waals surface area contributed by atoms with Crippen LogP contribution in [0, 0.1) is 0 Å². The van der Waals surface area contributed by atoms with Gasteiger partial charge in [0, 0.05) is 17.5 Å². The van der Waals surface area contributed by atoms with Gasteiger partial charge in [-0.1, -0.05) is 30.3 Å². The van der Waals surface area contributed by atoms with Gasteiger partial charge in [-0.2, -0.15) is 0 Å². The topological polar surface area (TPSA) is 29.3 Å². The number of nitrogens with zero attached hydrogens (tertiary/aromatic N) is 1. The number of thiophene rings is 1. The molecule has 1 atom stereocenters. The van der Waals surface area contributed by atoms with E-state index in [1.165, 1.54) is 16.0 Å². The van der Waals surface area contributed by atoms with Gasteiger partial charge in [0.2, 0.25) is 0 Å². The number of hydrogen-bond acceptors (Lipinski definition) is 3. The lowest BCUT2D eigenvalue weighted by molar-refractivity contribution is 0.256. The molecule has 19 heavy (non-hydrogen) atoms. The molecule has 1 aromatic carbocycles. The summed E-state index contributed by atoms with van der Waals surface area (Å²) in [5.41, 5.74) is 8.24. The molecule has 0 aliphatic carbocycles. The van der Waals surface area contributed by atoms with E-state index in [0.717, 1.165) is 13.0 Å². The Morgan fingerprint density at radius 2 is 1.84 bits per heavy atom. The van der Waals surface area contributed by atoms with Crippen molar-refractivity contribution in [3.05, 3.63) is 57.8 Å². The van der Waals surface area contributed by atoms with E-state index in [0.29, 0.717) is 12.6 Å². The lowest BCUT2D eigenvalue weighted by atomic mass is 10.1. The van der Waals surface area contributed by atoms with Crippen molar-refractivity contribution in [1.82, 2.24) is 4.90 Å². The summed E-state index contributed by atoms with van der Waals surface area (Å²) in [6.45, 7) is 3.95. The molecule has 0 fully saturated rings. The molecule has 2 N–H and O–H groups in total. The number of rotatable bonds is 6. The van der Waals surface area contributed by atoms with Gasteiger partial charge in [-0.15, -0.1) is 11.3 Å². The molecule has 0 saturated heterocycles. The van der Waals surface area contributed by atoms with Gasteiger partial charge in [-0.25, -0.2) is 0 Å². The molecular formula is C16H22N2S. The predicted molar refractivity (Wildman–Crippen MR) is 83.4 cm³/mol. The van der Waals surface area contributed by atoms with Gasteiger partial charge in [-0.05, 0) is 49.5 Å². The Hall–Kier alpha value is -1.16. The maximum Gasteiger partial charge on any atom is 0.0413 e. The molecule has 0 aliphatic rings. The molecule has 2 nitrogen and oxygen atoms in total. The van der Waals surface area contributed by atoms with E-state index in [-0.39, 0.29) is 0 Å². The normalized spacial score (nSPS) is 12.8. The van der Waals surface area contributed by atoms with Crippen LogP contribution in [0.3, 0.4) is 0 Å². The first kappa shape index (κ1) is 14.3. The molecular weight excluding hydrogens is 252 g/mol. The molecule has 0 saturated carbocycles. The highest BCUT2D eigenvalue weighted by molar-refractivity contribution is 7.10. The van der Waals surface area contributed by atoms with E-state index in [4.69, 9.17) is 5.73 Å². The van der Waals surface area contributed by atoms with Crippen molar-refractivity contribution in [2.45, 2.75) is 25.9 Å². The minimum atomic E-state index is 0.462. The third kappa shape index (κ3) is 3.90. The quantitative estimate of drug-likeness (QED) is 0.874. The summed E-state index contributed by atoms with van der Waals surface area (Å²) in [6.07, 6.45) is 0.960. The van der Waals surface area contributed by atoms with Gasteiger partial charge in [0.05, 0.1) is 0 Å². The summed E-state index contributed by atoms with van der Waals surface area (Å²) < 4.78 is 0. The highest BCUT2D eigenvalue weighted by Gasteiger charge is 2.12. The standard InChI is InChI=1S/C16H22N2S/c1-13(16-4-3-11-19-16)18(2)12-15-7-5-14(6-8-15)9-10-17/h3-8,11,13H,9-10,12,17H2,1-2H3. The molecule has 1 heterocycles. The largest absolute Gasteiger partial charge is 0.330 e. The molecule has 0 aliphatic heterocycles. The van der Waals surface area contributed by atoms with Crippen LogP contribution in [-0.4, -0.2) is 18.5 Å². The van der Waals surface area contributed by atoms with Crippen molar-refractivity contribution in [1.29, 1.82) is 0 Å². The van der Waals surface area contributed by atoms with Gasteiger partial charge < -0.3 is 5.73 Å². The van der Waals surface area contributed by atoms with Crippen molar-refractivity contribution in [2.24, 2.45) is 5.73 Å². The fourth-order valence-corrected chi connectivity index (χ4v) is 3.00. The molecule has 2 aromatic rings. The Kier molecular flexibility index (Phi) is 5.14. The third-order valence-electron chi connectivity index (χ3n) is 3.50. The molecule has 0 amide bonds. The number of nitrogens with two attached hydrogens (primary N) is 1. The molecule has 1 unspecified atom stereocenters. The molecule has 2 rings (SSSR count). The Balaban J connectivity index is 1.96. The minimum absolute atomic E-state index is 0.462. The first-order chi connectivity index (χ1) is 9.20. The van der Waals surface area contributed by atoms with E-state index in [1.807, 2.05) is 11.3 Å². The third-order valence-corrected chi connectivity index (χ3v) is 4.55. The van der Waals surface area contributed by atoms with Gasteiger partial charge in [0.1, 0.15) is 0 Å². The average molecular weight is 274 g/mol. The zero-order chi connectivity index (χ0) is 13.7. The first-order valence-corrected chi connectivity index (χ1v) is 7.60. The Morgan fingerprint density at radius 3 is 2.42 bits per heavy atom. The second kappa shape index (κ2) is 6.85. The van der Waals surface area contributed by atoms with E-state index in [9.17, 15) is 0 Å². The fourth-order valence-electron chi connectivity index (χ4n) is 2.15. The minimum Gasteiger partial charge on any atom is -0.330 e. The summed E-state index contributed by atoms with van der Waals surface area (Å²) in [4.78, 5) is 3.80. The molecule has 0 radical (unpaired) electrons. The molecule has 0 bridgehead atoms. The van der Waals surface area contributed by atoms with Gasteiger partial charge >= 0.3 is 0 Å². The van der Waals surface area contributed by atoms with Crippen molar-refractivity contribution >= 4 is 11.3 Å². The zero-order valence-corrected chi connectivity index (χ0v) is 12.5. The van der Waals surface area contributed by atoms with Crippen molar-refractivity contribution < 1.29 is 0 Å². The van der Waals surface area contributed by atoms with Crippen LogP contribution >= 0.6 is 11.3 Å². The maximum atomic E-state index is 5.57. The molecule has 102 valence electrons. The van der Waals surface area contributed by atoms with Crippen LogP contribution in [0.15, 0.2) is 41.8 Å². The SMILES string of the molecule is CC(c1cccs1)N(C)Cc1ccc(CCN)cc1. The highest BCUT2D eigenvalue weighted by atomic mass is 32.1. The van der Waals surface area contributed by atoms with Crippen LogP contribution in [-0.2, 0) is 13.0 Å². The molecule has 1 aromatic heterocycles. The van der Waals surface area contributed by atoms with Crippen LogP contribution in [0.5, 0.6) is 0 Å². The van der Waals surface area contributed by atoms with E-state index in [2.05, 4.69) is 60.6 Å². The zero-order valence-electron chi connectivity index (χ0n) is 11.7. The maximum absolute atomic E-state index is 5.57. The Labute approximate surface area is 119 Å². The predicted octanol–water partition coefficient (Wildman–Crippen LogP) is 3.44. The summed E-state index contributed by atoms with van der Waals surface area (Å²) in [6, 6.07) is 13.6. The van der Waals surface area contributed by atoms with Crippen molar-refractivity contribution in [3.63, 3.8) is 0 Å². The smallest absolute Gasteiger partial charge is 0.0413 e. The van der Waals surface area contributed by atoms with Gasteiger partial charge in [0.25, 0.3) is 0 Å². The molecule has 3 heteroatoms. The van der Waals surface area contributed by atoms with Crippen LogP contribution < -0.4 is 5.73 Å². The van der Waals surface area contributed by atoms with Crippen LogP contribution in [0.2, 0.25) is 0 Å². The summed E-state index contributed by atoms with van der Waals surface area (Å²) in [5, 5.41) is 2.14. The summed E-state index contributed by atoms with van der Waals surface area (Å²) in [5.74, 6) is 0. The number of hydrogen-bond donors (Lipinski definition) is 1. The van der Waals surface area contributed by atoms with E-state index < -0.39 is 0 Å². The Morgan fingerprint density at radius 1 is 1.16 bits per heavy atom. The van der Waals surface area contributed by atoms with Crippen LogP contribution in [0.25, 0.3) is 0 Å². The van der Waals surface area contributed by atoms with Gasteiger partial charge in [-0.3, -0.25) is 4.90 Å². The highest BCUT2D eigenvalue weighted by Crippen LogP contribution is 2.24. The van der Waals surface area contributed by atoms with Crippen molar-refractivity contribution in [3.8, 4) is 0 Å². The van der Waals surface area contributed by atoms with Crippen LogP contribution in [0.1, 0.15) is 29.0 Å². The van der Waals surface area contributed by atoms with E-state index >= 15 is 0 Å². The molecule has 0 spiro atoms. The summed E-state index contributed by atoms with van der Waals surface area (Å²) >= 11 is 1.82. The van der Waals surface area contributed by atoms with Crippen molar-refractivity contribution in [2.75, 3.05) is 13.6 Å². The first-order valence-electron chi connectivity index (χ1n) is 6.72. The average Bonchev–Trinajstić information content (AvgIpc) is 2.94. The monoisotopic (exact) mass is 274 g/mol. The van der Waals surface area contributed by atoms with Gasteiger partial charge in [0.15, 0.2) is 0 Å².